The topological polar surface area (TPSA) is 50.7 Å². The Balaban J connectivity index is 2.42. The molecule has 0 fully saturated rings. The van der Waals surface area contributed by atoms with Crippen molar-refractivity contribution < 1.29 is 9.53 Å². The first kappa shape index (κ1) is 15.2. The highest BCUT2D eigenvalue weighted by atomic mass is 16.5. The minimum Gasteiger partial charge on any atom is -0.484 e. The van der Waals surface area contributed by atoms with Gasteiger partial charge in [-0.3, -0.25) is 4.79 Å². The molecule has 1 aromatic rings. The Morgan fingerprint density at radius 2 is 1.84 bits per heavy atom. The molecule has 0 unspecified atom stereocenters. The van der Waals surface area contributed by atoms with Crippen molar-refractivity contribution >= 4 is 11.6 Å². The molecule has 0 radical (unpaired) electrons. The molecule has 1 rings (SSSR count). The minimum atomic E-state index is -0.260. The number of amides is 1. The Bertz CT molecular complexity index is 456. The lowest BCUT2D eigenvalue weighted by Crippen LogP contribution is -2.28. The van der Waals surface area contributed by atoms with Gasteiger partial charge in [-0.25, -0.2) is 5.43 Å². The SMILES string of the molecule is C/C(=N\NC(=O)COc1ccc(C)cc1)C(C)(C)C. The van der Waals surface area contributed by atoms with E-state index in [1.807, 2.05) is 58.9 Å². The van der Waals surface area contributed by atoms with Crippen LogP contribution in [0.1, 0.15) is 33.3 Å². The number of rotatable bonds is 4. The van der Waals surface area contributed by atoms with Gasteiger partial charge in [0.05, 0.1) is 0 Å². The summed E-state index contributed by atoms with van der Waals surface area (Å²) in [5, 5.41) is 4.06. The van der Waals surface area contributed by atoms with Crippen LogP contribution in [0.4, 0.5) is 0 Å². The van der Waals surface area contributed by atoms with Crippen LogP contribution in [0.3, 0.4) is 0 Å². The van der Waals surface area contributed by atoms with Crippen molar-refractivity contribution in [1.82, 2.24) is 5.43 Å². The van der Waals surface area contributed by atoms with E-state index in [4.69, 9.17) is 4.74 Å². The Kier molecular flexibility index (Phi) is 5.10. The molecule has 0 aliphatic rings. The largest absolute Gasteiger partial charge is 0.484 e. The Morgan fingerprint density at radius 3 is 2.37 bits per heavy atom. The zero-order valence-electron chi connectivity index (χ0n) is 12.3. The van der Waals surface area contributed by atoms with Gasteiger partial charge in [-0.1, -0.05) is 38.5 Å². The van der Waals surface area contributed by atoms with E-state index in [1.54, 1.807) is 0 Å². The molecule has 0 bridgehead atoms. The molecule has 4 heteroatoms. The maximum atomic E-state index is 11.6. The summed E-state index contributed by atoms with van der Waals surface area (Å²) in [6.07, 6.45) is 0. The average molecular weight is 262 g/mol. The van der Waals surface area contributed by atoms with Crippen LogP contribution in [0, 0.1) is 12.3 Å². The van der Waals surface area contributed by atoms with Crippen LogP contribution in [-0.2, 0) is 4.79 Å². The second kappa shape index (κ2) is 6.36. The summed E-state index contributed by atoms with van der Waals surface area (Å²) < 4.78 is 5.36. The van der Waals surface area contributed by atoms with Gasteiger partial charge in [0.15, 0.2) is 6.61 Å². The molecule has 0 atom stereocenters. The molecule has 0 saturated heterocycles. The van der Waals surface area contributed by atoms with E-state index in [-0.39, 0.29) is 17.9 Å². The second-order valence-electron chi connectivity index (χ2n) is 5.58. The van der Waals surface area contributed by atoms with E-state index in [9.17, 15) is 4.79 Å². The van der Waals surface area contributed by atoms with Crippen LogP contribution >= 0.6 is 0 Å². The van der Waals surface area contributed by atoms with E-state index < -0.39 is 0 Å². The Hall–Kier alpha value is -1.84. The van der Waals surface area contributed by atoms with Gasteiger partial charge in [0, 0.05) is 11.1 Å². The fourth-order valence-electron chi connectivity index (χ4n) is 1.13. The highest BCUT2D eigenvalue weighted by Crippen LogP contribution is 2.15. The molecule has 4 nitrogen and oxygen atoms in total. The molecule has 0 aliphatic carbocycles. The standard InChI is InChI=1S/C15H22N2O2/c1-11-6-8-13(9-7-11)19-10-14(18)17-16-12(2)15(3,4)5/h6-9H,10H2,1-5H3,(H,17,18)/b16-12+. The lowest BCUT2D eigenvalue weighted by atomic mass is 9.91. The smallest absolute Gasteiger partial charge is 0.277 e. The Morgan fingerprint density at radius 1 is 1.26 bits per heavy atom. The molecule has 1 aromatic carbocycles. The van der Waals surface area contributed by atoms with Gasteiger partial charge < -0.3 is 4.74 Å². The minimum absolute atomic E-state index is 0.0377. The van der Waals surface area contributed by atoms with Crippen molar-refractivity contribution in [3.05, 3.63) is 29.8 Å². The number of carbonyl (C=O) groups is 1. The number of hydrogen-bond acceptors (Lipinski definition) is 3. The zero-order valence-corrected chi connectivity index (χ0v) is 12.3. The van der Waals surface area contributed by atoms with Gasteiger partial charge >= 0.3 is 0 Å². The van der Waals surface area contributed by atoms with Gasteiger partial charge in [0.2, 0.25) is 0 Å². The Labute approximate surface area is 114 Å². The predicted octanol–water partition coefficient (Wildman–Crippen LogP) is 2.91. The molecule has 1 N–H and O–H groups in total. The van der Waals surface area contributed by atoms with E-state index >= 15 is 0 Å². The summed E-state index contributed by atoms with van der Waals surface area (Å²) in [7, 11) is 0. The molecule has 1 amide bonds. The van der Waals surface area contributed by atoms with E-state index in [2.05, 4.69) is 10.5 Å². The number of hydrazone groups is 1. The third-order valence-electron chi connectivity index (χ3n) is 2.82. The molecule has 0 saturated carbocycles. The van der Waals surface area contributed by atoms with Gasteiger partial charge in [0.25, 0.3) is 5.91 Å². The number of nitrogens with one attached hydrogen (secondary N) is 1. The maximum absolute atomic E-state index is 11.6. The maximum Gasteiger partial charge on any atom is 0.277 e. The monoisotopic (exact) mass is 262 g/mol. The second-order valence-corrected chi connectivity index (χ2v) is 5.58. The van der Waals surface area contributed by atoms with Crippen molar-refractivity contribution in [3.8, 4) is 5.75 Å². The number of nitrogens with zero attached hydrogens (tertiary/aromatic N) is 1. The number of ether oxygens (including phenoxy) is 1. The third-order valence-corrected chi connectivity index (χ3v) is 2.82. The zero-order chi connectivity index (χ0) is 14.5. The van der Waals surface area contributed by atoms with Gasteiger partial charge in [-0.15, -0.1) is 0 Å². The van der Waals surface area contributed by atoms with Crippen molar-refractivity contribution in [3.63, 3.8) is 0 Å². The fraction of sp³-hybridized carbons (Fsp3) is 0.467. The first-order valence-corrected chi connectivity index (χ1v) is 6.32. The van der Waals surface area contributed by atoms with Crippen molar-refractivity contribution in [2.45, 2.75) is 34.6 Å². The van der Waals surface area contributed by atoms with E-state index in [1.165, 1.54) is 0 Å². The van der Waals surface area contributed by atoms with Gasteiger partial charge in [-0.2, -0.15) is 5.10 Å². The number of aryl methyl sites for hydroxylation is 1. The summed E-state index contributed by atoms with van der Waals surface area (Å²) in [5.41, 5.74) is 4.47. The van der Waals surface area contributed by atoms with Crippen molar-refractivity contribution in [2.24, 2.45) is 10.5 Å². The first-order valence-electron chi connectivity index (χ1n) is 6.32. The lowest BCUT2D eigenvalue weighted by Gasteiger charge is -2.17. The summed E-state index contributed by atoms with van der Waals surface area (Å²) >= 11 is 0. The van der Waals surface area contributed by atoms with E-state index in [0.29, 0.717) is 5.75 Å². The molecular weight excluding hydrogens is 240 g/mol. The molecule has 0 spiro atoms. The van der Waals surface area contributed by atoms with E-state index in [0.717, 1.165) is 11.3 Å². The normalized spacial score (nSPS) is 12.2. The van der Waals surface area contributed by atoms with Crippen LogP contribution < -0.4 is 10.2 Å². The fourth-order valence-corrected chi connectivity index (χ4v) is 1.13. The first-order chi connectivity index (χ1) is 8.79. The van der Waals surface area contributed by atoms with Gasteiger partial charge in [-0.05, 0) is 26.0 Å². The molecular formula is C15H22N2O2. The van der Waals surface area contributed by atoms with Gasteiger partial charge in [0.1, 0.15) is 5.75 Å². The predicted molar refractivity (Wildman–Crippen MR) is 77.4 cm³/mol. The number of carbonyl (C=O) groups excluding carboxylic acids is 1. The summed E-state index contributed by atoms with van der Waals surface area (Å²) in [4.78, 5) is 11.6. The molecule has 0 aromatic heterocycles. The molecule has 0 aliphatic heterocycles. The van der Waals surface area contributed by atoms with Crippen LogP contribution in [0.5, 0.6) is 5.75 Å². The van der Waals surface area contributed by atoms with Crippen LogP contribution in [-0.4, -0.2) is 18.2 Å². The average Bonchev–Trinajstić information content (AvgIpc) is 2.34. The number of benzene rings is 1. The van der Waals surface area contributed by atoms with Crippen molar-refractivity contribution in [2.75, 3.05) is 6.61 Å². The molecule has 0 heterocycles. The summed E-state index contributed by atoms with van der Waals surface area (Å²) in [6, 6.07) is 7.56. The lowest BCUT2D eigenvalue weighted by molar-refractivity contribution is -0.123. The molecule has 104 valence electrons. The molecule has 19 heavy (non-hydrogen) atoms. The highest BCUT2D eigenvalue weighted by molar-refractivity contribution is 5.88. The van der Waals surface area contributed by atoms with Crippen LogP contribution in [0.15, 0.2) is 29.4 Å². The summed E-state index contributed by atoms with van der Waals surface area (Å²) in [5.74, 6) is 0.418. The highest BCUT2D eigenvalue weighted by Gasteiger charge is 2.14. The van der Waals surface area contributed by atoms with Crippen LogP contribution in [0.2, 0.25) is 0 Å². The van der Waals surface area contributed by atoms with Crippen molar-refractivity contribution in [1.29, 1.82) is 0 Å². The number of hydrogen-bond donors (Lipinski definition) is 1. The quantitative estimate of drug-likeness (QED) is 0.670. The van der Waals surface area contributed by atoms with Crippen LogP contribution in [0.25, 0.3) is 0 Å². The third kappa shape index (κ3) is 5.55. The summed E-state index contributed by atoms with van der Waals surface area (Å²) in [6.45, 7) is 9.98.